The van der Waals surface area contributed by atoms with E-state index in [0.717, 1.165) is 16.5 Å². The van der Waals surface area contributed by atoms with E-state index in [2.05, 4.69) is 4.98 Å². The van der Waals surface area contributed by atoms with Crippen molar-refractivity contribution in [3.8, 4) is 11.6 Å². The van der Waals surface area contributed by atoms with E-state index in [0.29, 0.717) is 18.2 Å². The van der Waals surface area contributed by atoms with E-state index in [1.807, 2.05) is 60.7 Å². The highest BCUT2D eigenvalue weighted by molar-refractivity contribution is 5.81. The first-order valence-electron chi connectivity index (χ1n) is 6.47. The third-order valence-corrected chi connectivity index (χ3v) is 3.09. The molecule has 20 heavy (non-hydrogen) atoms. The number of hydrogen-bond donors (Lipinski definition) is 0. The standard InChI is InChI=1S/C17H15NO2/c1-19-17-16(20-12-13-7-3-2-4-8-13)11-14-9-5-6-10-15(14)18-17/h2-11H,12H2,1H3. The number of pyridine rings is 1. The first kappa shape index (κ1) is 12.5. The molecule has 0 saturated heterocycles. The van der Waals surface area contributed by atoms with Gasteiger partial charge in [0.25, 0.3) is 5.88 Å². The van der Waals surface area contributed by atoms with E-state index in [-0.39, 0.29) is 0 Å². The van der Waals surface area contributed by atoms with Crippen LogP contribution in [0.25, 0.3) is 10.9 Å². The zero-order chi connectivity index (χ0) is 13.8. The molecule has 0 aliphatic rings. The summed E-state index contributed by atoms with van der Waals surface area (Å²) in [6.45, 7) is 0.497. The molecule has 100 valence electrons. The van der Waals surface area contributed by atoms with Crippen molar-refractivity contribution in [3.63, 3.8) is 0 Å². The Morgan fingerprint density at radius 1 is 0.950 bits per heavy atom. The fraction of sp³-hybridized carbons (Fsp3) is 0.118. The van der Waals surface area contributed by atoms with Crippen LogP contribution < -0.4 is 9.47 Å². The van der Waals surface area contributed by atoms with Crippen LogP contribution in [0.2, 0.25) is 0 Å². The highest BCUT2D eigenvalue weighted by Gasteiger charge is 2.08. The van der Waals surface area contributed by atoms with E-state index in [1.165, 1.54) is 0 Å². The van der Waals surface area contributed by atoms with Crippen molar-refractivity contribution in [2.45, 2.75) is 6.61 Å². The van der Waals surface area contributed by atoms with Crippen LogP contribution in [-0.4, -0.2) is 12.1 Å². The Labute approximate surface area is 117 Å². The second-order valence-corrected chi connectivity index (χ2v) is 4.46. The largest absolute Gasteiger partial charge is 0.483 e. The molecule has 0 N–H and O–H groups in total. The molecule has 3 nitrogen and oxygen atoms in total. The first-order valence-corrected chi connectivity index (χ1v) is 6.47. The first-order chi connectivity index (χ1) is 9.86. The number of hydrogen-bond acceptors (Lipinski definition) is 3. The van der Waals surface area contributed by atoms with Gasteiger partial charge in [0.15, 0.2) is 5.75 Å². The Bertz CT molecular complexity index is 711. The van der Waals surface area contributed by atoms with Crippen LogP contribution in [-0.2, 0) is 6.61 Å². The summed E-state index contributed by atoms with van der Waals surface area (Å²) in [5.74, 6) is 1.18. The van der Waals surface area contributed by atoms with E-state index in [4.69, 9.17) is 9.47 Å². The Morgan fingerprint density at radius 2 is 1.70 bits per heavy atom. The molecule has 0 spiro atoms. The average Bonchev–Trinajstić information content (AvgIpc) is 2.53. The van der Waals surface area contributed by atoms with Gasteiger partial charge in [-0.2, -0.15) is 0 Å². The van der Waals surface area contributed by atoms with Gasteiger partial charge in [0.2, 0.25) is 0 Å². The summed E-state index contributed by atoms with van der Waals surface area (Å²) in [6.07, 6.45) is 0. The van der Waals surface area contributed by atoms with Crippen molar-refractivity contribution in [1.82, 2.24) is 4.98 Å². The number of para-hydroxylation sites is 1. The number of methoxy groups -OCH3 is 1. The van der Waals surface area contributed by atoms with Crippen molar-refractivity contribution in [2.24, 2.45) is 0 Å². The van der Waals surface area contributed by atoms with Gasteiger partial charge in [0.05, 0.1) is 12.6 Å². The lowest BCUT2D eigenvalue weighted by atomic mass is 10.2. The zero-order valence-electron chi connectivity index (χ0n) is 11.2. The zero-order valence-corrected chi connectivity index (χ0v) is 11.2. The average molecular weight is 265 g/mol. The molecule has 0 aliphatic heterocycles. The molecule has 0 unspecified atom stereocenters. The molecule has 3 rings (SSSR count). The number of benzene rings is 2. The molecule has 0 atom stereocenters. The molecular weight excluding hydrogens is 250 g/mol. The summed E-state index contributed by atoms with van der Waals surface area (Å²) >= 11 is 0. The molecule has 0 radical (unpaired) electrons. The molecule has 2 aromatic carbocycles. The molecule has 3 aromatic rings. The fourth-order valence-electron chi connectivity index (χ4n) is 2.06. The predicted octanol–water partition coefficient (Wildman–Crippen LogP) is 3.82. The summed E-state index contributed by atoms with van der Waals surface area (Å²) in [6, 6.07) is 19.9. The number of aromatic nitrogens is 1. The summed E-state index contributed by atoms with van der Waals surface area (Å²) in [5.41, 5.74) is 2.01. The van der Waals surface area contributed by atoms with Gasteiger partial charge in [-0.15, -0.1) is 0 Å². The highest BCUT2D eigenvalue weighted by Crippen LogP contribution is 2.29. The van der Waals surface area contributed by atoms with Gasteiger partial charge in [-0.1, -0.05) is 48.5 Å². The van der Waals surface area contributed by atoms with Crippen molar-refractivity contribution in [1.29, 1.82) is 0 Å². The molecule has 1 heterocycles. The number of fused-ring (bicyclic) bond motifs is 1. The van der Waals surface area contributed by atoms with Crippen LogP contribution in [0.3, 0.4) is 0 Å². The topological polar surface area (TPSA) is 31.4 Å². The van der Waals surface area contributed by atoms with Gasteiger partial charge in [0, 0.05) is 5.39 Å². The minimum absolute atomic E-state index is 0.497. The predicted molar refractivity (Wildman–Crippen MR) is 79.1 cm³/mol. The van der Waals surface area contributed by atoms with Crippen molar-refractivity contribution < 1.29 is 9.47 Å². The number of ether oxygens (including phenoxy) is 2. The van der Waals surface area contributed by atoms with Crippen LogP contribution in [0.15, 0.2) is 60.7 Å². The minimum atomic E-state index is 0.497. The lowest BCUT2D eigenvalue weighted by molar-refractivity contribution is 0.280. The smallest absolute Gasteiger partial charge is 0.257 e. The Hall–Kier alpha value is -2.55. The van der Waals surface area contributed by atoms with Crippen molar-refractivity contribution in [3.05, 3.63) is 66.2 Å². The van der Waals surface area contributed by atoms with E-state index >= 15 is 0 Å². The summed E-state index contributed by atoms with van der Waals surface area (Å²) < 4.78 is 11.1. The van der Waals surface area contributed by atoms with Gasteiger partial charge in [-0.3, -0.25) is 0 Å². The molecule has 1 aromatic heterocycles. The van der Waals surface area contributed by atoms with Crippen molar-refractivity contribution >= 4 is 10.9 Å². The summed E-state index contributed by atoms with van der Waals surface area (Å²) in [4.78, 5) is 4.46. The maximum absolute atomic E-state index is 5.83. The van der Waals surface area contributed by atoms with E-state index in [9.17, 15) is 0 Å². The lowest BCUT2D eigenvalue weighted by Crippen LogP contribution is -1.99. The minimum Gasteiger partial charge on any atom is -0.483 e. The monoisotopic (exact) mass is 265 g/mol. The third kappa shape index (κ3) is 2.57. The molecule has 0 amide bonds. The van der Waals surface area contributed by atoms with Gasteiger partial charge in [-0.05, 0) is 17.7 Å². The molecule has 0 saturated carbocycles. The molecule has 3 heteroatoms. The fourth-order valence-corrected chi connectivity index (χ4v) is 2.06. The quantitative estimate of drug-likeness (QED) is 0.718. The Balaban J connectivity index is 1.90. The van der Waals surface area contributed by atoms with Gasteiger partial charge in [-0.25, -0.2) is 4.98 Å². The SMILES string of the molecule is COc1nc2ccccc2cc1OCc1ccccc1. The third-order valence-electron chi connectivity index (χ3n) is 3.09. The second kappa shape index (κ2) is 5.61. The molecule has 0 bridgehead atoms. The Morgan fingerprint density at radius 3 is 2.50 bits per heavy atom. The highest BCUT2D eigenvalue weighted by atomic mass is 16.5. The van der Waals surface area contributed by atoms with Gasteiger partial charge < -0.3 is 9.47 Å². The molecular formula is C17H15NO2. The van der Waals surface area contributed by atoms with E-state index in [1.54, 1.807) is 7.11 Å². The lowest BCUT2D eigenvalue weighted by Gasteiger charge is -2.11. The number of rotatable bonds is 4. The van der Waals surface area contributed by atoms with Crippen LogP contribution in [0, 0.1) is 0 Å². The van der Waals surface area contributed by atoms with Crippen LogP contribution >= 0.6 is 0 Å². The van der Waals surface area contributed by atoms with Crippen molar-refractivity contribution in [2.75, 3.05) is 7.11 Å². The molecule has 0 fully saturated rings. The maximum atomic E-state index is 5.83. The summed E-state index contributed by atoms with van der Waals surface area (Å²) in [7, 11) is 1.60. The molecule has 0 aliphatic carbocycles. The van der Waals surface area contributed by atoms with Crippen LogP contribution in [0.1, 0.15) is 5.56 Å². The van der Waals surface area contributed by atoms with Crippen LogP contribution in [0.4, 0.5) is 0 Å². The van der Waals surface area contributed by atoms with Gasteiger partial charge in [0.1, 0.15) is 6.61 Å². The van der Waals surface area contributed by atoms with E-state index < -0.39 is 0 Å². The number of nitrogens with zero attached hydrogens (tertiary/aromatic N) is 1. The summed E-state index contributed by atoms with van der Waals surface area (Å²) in [5, 5.41) is 1.04. The van der Waals surface area contributed by atoms with Gasteiger partial charge >= 0.3 is 0 Å². The second-order valence-electron chi connectivity index (χ2n) is 4.46. The normalized spacial score (nSPS) is 10.4. The maximum Gasteiger partial charge on any atom is 0.257 e. The van der Waals surface area contributed by atoms with Crippen LogP contribution in [0.5, 0.6) is 11.6 Å². The Kier molecular flexibility index (Phi) is 3.50.